The molecule has 0 saturated carbocycles. The van der Waals surface area contributed by atoms with Crippen molar-refractivity contribution in [2.45, 2.75) is 76.9 Å². The number of carboxylic acids is 1. The summed E-state index contributed by atoms with van der Waals surface area (Å²) in [6.45, 7) is 6.60. The lowest BCUT2D eigenvalue weighted by molar-refractivity contribution is -0.136. The zero-order chi connectivity index (χ0) is 23.7. The highest BCUT2D eigenvalue weighted by Crippen LogP contribution is 2.36. The predicted molar refractivity (Wildman–Crippen MR) is 132 cm³/mol. The van der Waals surface area contributed by atoms with Crippen molar-refractivity contribution >= 4 is 11.7 Å². The number of hydrogen-bond donors (Lipinski definition) is 2. The zero-order valence-electron chi connectivity index (χ0n) is 20.3. The van der Waals surface area contributed by atoms with Gasteiger partial charge in [-0.15, -0.1) is 0 Å². The standard InChI is InChI=1S/C27H36N4O3/c1-19-23(18-25(32)33)26-30-14-12-27(2,13-15-30)34-16-6-10-21-8-4-3-7-20(21)9-5-11-22-17-24(28-19)31(26)29-22/h3-4,7-8,17,22,29H,5-6,9-16,18H2,1-2H3,(H,32,33). The molecule has 5 aliphatic rings. The van der Waals surface area contributed by atoms with Gasteiger partial charge in [-0.25, -0.2) is 15.4 Å². The van der Waals surface area contributed by atoms with E-state index in [2.05, 4.69) is 47.6 Å². The molecule has 1 saturated heterocycles. The maximum atomic E-state index is 11.7. The molecule has 4 bridgehead atoms. The fourth-order valence-corrected chi connectivity index (χ4v) is 5.63. The van der Waals surface area contributed by atoms with Gasteiger partial charge >= 0.3 is 5.97 Å². The van der Waals surface area contributed by atoms with Gasteiger partial charge in [-0.05, 0) is 76.0 Å². The molecule has 0 aliphatic carbocycles. The van der Waals surface area contributed by atoms with E-state index in [1.54, 1.807) is 0 Å². The summed E-state index contributed by atoms with van der Waals surface area (Å²) in [4.78, 5) is 18.8. The minimum atomic E-state index is -0.826. The largest absolute Gasteiger partial charge is 0.481 e. The first-order valence-corrected chi connectivity index (χ1v) is 12.7. The van der Waals surface area contributed by atoms with Crippen LogP contribution < -0.4 is 5.43 Å². The molecule has 2 N–H and O–H groups in total. The molecule has 5 heterocycles. The van der Waals surface area contributed by atoms with Crippen LogP contribution in [0, 0.1) is 0 Å². The molecule has 0 amide bonds. The Bertz CT molecular complexity index is 1040. The number of ether oxygens (including phenoxy) is 1. The van der Waals surface area contributed by atoms with E-state index < -0.39 is 5.97 Å². The van der Waals surface area contributed by atoms with E-state index in [9.17, 15) is 9.90 Å². The lowest BCUT2D eigenvalue weighted by Gasteiger charge is -2.45. The molecule has 34 heavy (non-hydrogen) atoms. The van der Waals surface area contributed by atoms with E-state index in [1.165, 1.54) is 11.1 Å². The van der Waals surface area contributed by atoms with Gasteiger partial charge in [-0.2, -0.15) is 0 Å². The van der Waals surface area contributed by atoms with Crippen LogP contribution in [0.5, 0.6) is 0 Å². The molecule has 1 unspecified atom stereocenters. The average molecular weight is 465 g/mol. The van der Waals surface area contributed by atoms with Gasteiger partial charge in [-0.1, -0.05) is 24.3 Å². The van der Waals surface area contributed by atoms with Crippen LogP contribution >= 0.6 is 0 Å². The fourth-order valence-electron chi connectivity index (χ4n) is 5.63. The second kappa shape index (κ2) is 9.55. The minimum Gasteiger partial charge on any atom is -0.481 e. The molecule has 0 spiro atoms. The van der Waals surface area contributed by atoms with E-state index in [0.29, 0.717) is 0 Å². The lowest BCUT2D eigenvalue weighted by atomic mass is 9.92. The molecular formula is C27H36N4O3. The molecule has 7 heteroatoms. The van der Waals surface area contributed by atoms with Crippen LogP contribution in [-0.4, -0.2) is 58.0 Å². The number of aryl methyl sites for hydroxylation is 2. The third-order valence-electron chi connectivity index (χ3n) is 7.64. The quantitative estimate of drug-likeness (QED) is 0.689. The number of nitrogens with one attached hydrogen (secondary N) is 1. The van der Waals surface area contributed by atoms with Crippen LogP contribution in [0.1, 0.15) is 63.5 Å². The molecule has 1 fully saturated rings. The van der Waals surface area contributed by atoms with Crippen molar-refractivity contribution in [3.05, 3.63) is 58.7 Å². The predicted octanol–water partition coefficient (Wildman–Crippen LogP) is 4.02. The van der Waals surface area contributed by atoms with Gasteiger partial charge in [0.15, 0.2) is 0 Å². The van der Waals surface area contributed by atoms with E-state index in [1.807, 2.05) is 11.9 Å². The Morgan fingerprint density at radius 3 is 2.62 bits per heavy atom. The summed E-state index contributed by atoms with van der Waals surface area (Å²) in [5.74, 6) is 1.02. The van der Waals surface area contributed by atoms with Crippen molar-refractivity contribution in [2.24, 2.45) is 4.99 Å². The van der Waals surface area contributed by atoms with Crippen LogP contribution in [0.3, 0.4) is 0 Å². The maximum absolute atomic E-state index is 11.7. The maximum Gasteiger partial charge on any atom is 0.308 e. The minimum absolute atomic E-state index is 0.0259. The van der Waals surface area contributed by atoms with Crippen LogP contribution in [0.2, 0.25) is 0 Å². The molecule has 1 atom stereocenters. The molecule has 1 aromatic carbocycles. The highest BCUT2D eigenvalue weighted by Gasteiger charge is 2.38. The second-order valence-electron chi connectivity index (χ2n) is 10.2. The first-order valence-electron chi connectivity index (χ1n) is 12.7. The molecule has 0 radical (unpaired) electrons. The number of nitrogens with zero attached hydrogens (tertiary/aromatic N) is 3. The van der Waals surface area contributed by atoms with Crippen LogP contribution in [0.15, 0.2) is 52.5 Å². The van der Waals surface area contributed by atoms with Gasteiger partial charge < -0.3 is 14.7 Å². The number of hydrazine groups is 1. The number of carboxylic acid groups (broad SMARTS) is 1. The molecule has 1 aromatic rings. The second-order valence-corrected chi connectivity index (χ2v) is 10.2. The van der Waals surface area contributed by atoms with E-state index in [-0.39, 0.29) is 18.1 Å². The number of hydrogen-bond acceptors (Lipinski definition) is 6. The summed E-state index contributed by atoms with van der Waals surface area (Å²) in [5, 5.41) is 11.7. The van der Waals surface area contributed by atoms with Crippen molar-refractivity contribution < 1.29 is 14.6 Å². The number of aliphatic imine (C=N–C) groups is 1. The Morgan fingerprint density at radius 2 is 1.91 bits per heavy atom. The summed E-state index contributed by atoms with van der Waals surface area (Å²) in [7, 11) is 0. The normalized spacial score (nSPS) is 27.8. The van der Waals surface area contributed by atoms with Crippen molar-refractivity contribution in [1.82, 2.24) is 15.3 Å². The number of benzene rings is 1. The highest BCUT2D eigenvalue weighted by molar-refractivity contribution is 6.03. The Hall–Kier alpha value is -2.64. The van der Waals surface area contributed by atoms with Gasteiger partial charge in [0.1, 0.15) is 11.6 Å². The van der Waals surface area contributed by atoms with Gasteiger partial charge in [0.2, 0.25) is 0 Å². The first kappa shape index (κ1) is 23.1. The summed E-state index contributed by atoms with van der Waals surface area (Å²) in [6, 6.07) is 8.99. The van der Waals surface area contributed by atoms with Gasteiger partial charge in [0, 0.05) is 37.0 Å². The Morgan fingerprint density at radius 1 is 1.21 bits per heavy atom. The third-order valence-corrected chi connectivity index (χ3v) is 7.64. The third kappa shape index (κ3) is 4.77. The summed E-state index contributed by atoms with van der Waals surface area (Å²) in [5.41, 5.74) is 7.97. The van der Waals surface area contributed by atoms with Crippen molar-refractivity contribution in [3.8, 4) is 0 Å². The lowest BCUT2D eigenvalue weighted by Crippen LogP contribution is -2.50. The van der Waals surface area contributed by atoms with Crippen LogP contribution in [0.4, 0.5) is 0 Å². The van der Waals surface area contributed by atoms with Crippen molar-refractivity contribution in [2.75, 3.05) is 19.7 Å². The van der Waals surface area contributed by atoms with Gasteiger partial charge in [0.05, 0.1) is 12.0 Å². The summed E-state index contributed by atoms with van der Waals surface area (Å²) in [6.07, 6.45) is 9.23. The number of aliphatic carboxylic acids is 1. The number of piperidine rings is 1. The number of rotatable bonds is 2. The topological polar surface area (TPSA) is 77.4 Å². The molecule has 7 nitrogen and oxygen atoms in total. The van der Waals surface area contributed by atoms with Gasteiger partial charge in [-0.3, -0.25) is 4.79 Å². The fraction of sp³-hybridized carbons (Fsp3) is 0.556. The monoisotopic (exact) mass is 464 g/mol. The van der Waals surface area contributed by atoms with E-state index in [0.717, 1.165) is 87.6 Å². The van der Waals surface area contributed by atoms with E-state index >= 15 is 0 Å². The van der Waals surface area contributed by atoms with Gasteiger partial charge in [0.25, 0.3) is 0 Å². The molecule has 5 aliphatic heterocycles. The molecule has 0 aromatic heterocycles. The van der Waals surface area contributed by atoms with Crippen LogP contribution in [0.25, 0.3) is 0 Å². The van der Waals surface area contributed by atoms with Crippen LogP contribution in [-0.2, 0) is 22.4 Å². The molecule has 6 rings (SSSR count). The Labute approximate surface area is 202 Å². The number of carbonyl (C=O) groups is 1. The van der Waals surface area contributed by atoms with E-state index in [4.69, 9.17) is 9.73 Å². The zero-order valence-corrected chi connectivity index (χ0v) is 20.3. The molecular weight excluding hydrogens is 428 g/mol. The highest BCUT2D eigenvalue weighted by atomic mass is 16.5. The first-order chi connectivity index (χ1) is 16.4. The Balaban J connectivity index is 1.46. The van der Waals surface area contributed by atoms with Crippen molar-refractivity contribution in [3.63, 3.8) is 0 Å². The SMILES string of the molecule is CC1=NC2=CC3CCCc4ccccc4CCCOC4(C)CCN(CC4)C(=C1CC(=O)O)N2N3. The summed E-state index contributed by atoms with van der Waals surface area (Å²) >= 11 is 0. The average Bonchev–Trinajstić information content (AvgIpc) is 3.20. The Kier molecular flexibility index (Phi) is 6.49. The summed E-state index contributed by atoms with van der Waals surface area (Å²) < 4.78 is 6.43. The van der Waals surface area contributed by atoms with Crippen molar-refractivity contribution in [1.29, 1.82) is 0 Å². The molecule has 182 valence electrons. The smallest absolute Gasteiger partial charge is 0.308 e. The number of fused-ring (bicyclic) bond motifs is 7.